The molecule has 2 nitrogen and oxygen atoms in total. The van der Waals surface area contributed by atoms with Gasteiger partial charge in [-0.05, 0) is 12.1 Å². The van der Waals surface area contributed by atoms with Crippen molar-refractivity contribution in [3.63, 3.8) is 0 Å². The number of halogens is 2. The average Bonchev–Trinajstić information content (AvgIpc) is 2.57. The van der Waals surface area contributed by atoms with Gasteiger partial charge in [0.25, 0.3) is 0 Å². The molecule has 74 valence electrons. The minimum atomic E-state index is -0.441. The van der Waals surface area contributed by atoms with E-state index in [-0.39, 0.29) is 17.4 Å². The second kappa shape index (κ2) is 3.58. The van der Waals surface area contributed by atoms with Gasteiger partial charge in [0, 0.05) is 13.0 Å². The maximum absolute atomic E-state index is 13.5. The second-order valence-corrected chi connectivity index (χ2v) is 3.69. The predicted octanol–water partition coefficient (Wildman–Crippen LogP) is 2.26. The van der Waals surface area contributed by atoms with Crippen LogP contribution < -0.4 is 4.90 Å². The first kappa shape index (κ1) is 9.46. The number of ketones is 1. The van der Waals surface area contributed by atoms with Gasteiger partial charge in [-0.3, -0.25) is 4.79 Å². The van der Waals surface area contributed by atoms with Crippen molar-refractivity contribution in [1.82, 2.24) is 0 Å². The van der Waals surface area contributed by atoms with Gasteiger partial charge >= 0.3 is 0 Å². The first-order chi connectivity index (χ1) is 6.68. The number of hydrogen-bond donors (Lipinski definition) is 0. The zero-order valence-electron chi connectivity index (χ0n) is 7.46. The lowest BCUT2D eigenvalue weighted by Crippen LogP contribution is -2.20. The van der Waals surface area contributed by atoms with Crippen LogP contribution in [0.2, 0.25) is 5.02 Å². The minimum Gasteiger partial charge on any atom is -0.361 e. The predicted molar refractivity (Wildman–Crippen MR) is 53.2 cm³/mol. The number of benzene rings is 1. The maximum atomic E-state index is 13.5. The highest BCUT2D eigenvalue weighted by atomic mass is 35.5. The third kappa shape index (κ3) is 1.60. The molecule has 0 radical (unpaired) electrons. The molecule has 0 N–H and O–H groups in total. The number of nitrogens with zero attached hydrogens (tertiary/aromatic N) is 1. The van der Waals surface area contributed by atoms with Gasteiger partial charge in [0.15, 0.2) is 11.6 Å². The lowest BCUT2D eigenvalue weighted by atomic mass is 10.3. The molecule has 1 aliphatic heterocycles. The zero-order chi connectivity index (χ0) is 10.1. The summed E-state index contributed by atoms with van der Waals surface area (Å²) in [6, 6.07) is 4.82. The van der Waals surface area contributed by atoms with Crippen LogP contribution in [-0.2, 0) is 4.79 Å². The average molecular weight is 214 g/mol. The Kier molecular flexibility index (Phi) is 2.42. The number of carbonyl (C=O) groups is 1. The number of Topliss-reactive ketones (excluding diaryl/α,β-unsaturated/α-hetero) is 1. The Morgan fingerprint density at radius 2 is 2.21 bits per heavy atom. The van der Waals surface area contributed by atoms with Crippen molar-refractivity contribution in [2.24, 2.45) is 0 Å². The maximum Gasteiger partial charge on any atom is 0.165 e. The highest BCUT2D eigenvalue weighted by Crippen LogP contribution is 2.27. The van der Waals surface area contributed by atoms with E-state index in [0.717, 1.165) is 0 Å². The molecule has 1 aromatic rings. The summed E-state index contributed by atoms with van der Waals surface area (Å²) in [6.07, 6.45) is 0.492. The van der Waals surface area contributed by atoms with Crippen LogP contribution in [0, 0.1) is 5.82 Å². The lowest BCUT2D eigenvalue weighted by molar-refractivity contribution is -0.116. The molecule has 14 heavy (non-hydrogen) atoms. The molecule has 0 bridgehead atoms. The van der Waals surface area contributed by atoms with E-state index in [1.54, 1.807) is 17.0 Å². The van der Waals surface area contributed by atoms with Gasteiger partial charge in [-0.15, -0.1) is 0 Å². The van der Waals surface area contributed by atoms with Gasteiger partial charge < -0.3 is 4.90 Å². The van der Waals surface area contributed by atoms with Crippen molar-refractivity contribution in [2.45, 2.75) is 6.42 Å². The first-order valence-corrected chi connectivity index (χ1v) is 4.77. The molecule has 1 fully saturated rings. The fourth-order valence-corrected chi connectivity index (χ4v) is 1.74. The fourth-order valence-electron chi connectivity index (χ4n) is 1.57. The van der Waals surface area contributed by atoms with Crippen LogP contribution in [0.3, 0.4) is 0 Å². The van der Waals surface area contributed by atoms with E-state index in [0.29, 0.717) is 18.7 Å². The molecule has 0 aromatic heterocycles. The summed E-state index contributed by atoms with van der Waals surface area (Å²) in [5.74, 6) is -0.298. The Morgan fingerprint density at radius 3 is 2.86 bits per heavy atom. The monoisotopic (exact) mass is 213 g/mol. The summed E-state index contributed by atoms with van der Waals surface area (Å²) in [4.78, 5) is 12.7. The SMILES string of the molecule is O=C1CCN(c2cccc(Cl)c2F)C1. The summed E-state index contributed by atoms with van der Waals surface area (Å²) < 4.78 is 13.5. The molecule has 2 rings (SSSR count). The van der Waals surface area contributed by atoms with E-state index in [1.165, 1.54) is 6.07 Å². The van der Waals surface area contributed by atoms with Crippen molar-refractivity contribution in [2.75, 3.05) is 18.0 Å². The van der Waals surface area contributed by atoms with E-state index in [1.807, 2.05) is 0 Å². The number of hydrogen-bond acceptors (Lipinski definition) is 2. The molecule has 0 amide bonds. The molecule has 0 spiro atoms. The van der Waals surface area contributed by atoms with E-state index in [4.69, 9.17) is 11.6 Å². The van der Waals surface area contributed by atoms with Crippen LogP contribution in [-0.4, -0.2) is 18.9 Å². The molecule has 1 aromatic carbocycles. The highest BCUT2D eigenvalue weighted by molar-refractivity contribution is 6.31. The third-order valence-electron chi connectivity index (χ3n) is 2.30. The van der Waals surface area contributed by atoms with E-state index in [9.17, 15) is 9.18 Å². The third-order valence-corrected chi connectivity index (χ3v) is 2.59. The standard InChI is InChI=1S/C10H9ClFNO/c11-8-2-1-3-9(10(8)12)13-5-4-7(14)6-13/h1-3H,4-6H2. The highest BCUT2D eigenvalue weighted by Gasteiger charge is 2.22. The van der Waals surface area contributed by atoms with Crippen molar-refractivity contribution in [3.8, 4) is 0 Å². The van der Waals surface area contributed by atoms with Crippen molar-refractivity contribution in [1.29, 1.82) is 0 Å². The van der Waals surface area contributed by atoms with Crippen LogP contribution >= 0.6 is 11.6 Å². The van der Waals surface area contributed by atoms with E-state index < -0.39 is 5.82 Å². The molecule has 1 saturated heterocycles. The van der Waals surface area contributed by atoms with Crippen LogP contribution in [0.25, 0.3) is 0 Å². The minimum absolute atomic E-state index is 0.0989. The molecular weight excluding hydrogens is 205 g/mol. The fraction of sp³-hybridized carbons (Fsp3) is 0.300. The molecular formula is C10H9ClFNO. The Labute approximate surface area is 86.3 Å². The van der Waals surface area contributed by atoms with Crippen LogP contribution in [0.5, 0.6) is 0 Å². The smallest absolute Gasteiger partial charge is 0.165 e. The van der Waals surface area contributed by atoms with Gasteiger partial charge in [0.05, 0.1) is 17.3 Å². The van der Waals surface area contributed by atoms with Gasteiger partial charge in [0.1, 0.15) is 0 Å². The summed E-state index contributed by atoms with van der Waals surface area (Å²) in [5, 5.41) is 0.0989. The van der Waals surface area contributed by atoms with Crippen LogP contribution in [0.4, 0.5) is 10.1 Å². The topological polar surface area (TPSA) is 20.3 Å². The molecule has 1 aliphatic rings. The molecule has 4 heteroatoms. The zero-order valence-corrected chi connectivity index (χ0v) is 8.22. The molecule has 1 heterocycles. The van der Waals surface area contributed by atoms with E-state index >= 15 is 0 Å². The van der Waals surface area contributed by atoms with Gasteiger partial charge in [-0.1, -0.05) is 17.7 Å². The summed E-state index contributed by atoms with van der Waals surface area (Å²) in [6.45, 7) is 0.868. The molecule has 0 unspecified atom stereocenters. The number of anilines is 1. The Bertz CT molecular complexity index is 380. The van der Waals surface area contributed by atoms with Crippen molar-refractivity contribution < 1.29 is 9.18 Å². The second-order valence-electron chi connectivity index (χ2n) is 3.28. The molecule has 0 aliphatic carbocycles. The van der Waals surface area contributed by atoms with Crippen LogP contribution in [0.15, 0.2) is 18.2 Å². The quantitative estimate of drug-likeness (QED) is 0.713. The van der Waals surface area contributed by atoms with Gasteiger partial charge in [-0.25, -0.2) is 4.39 Å². The number of carbonyl (C=O) groups excluding carboxylic acids is 1. The summed E-state index contributed by atoms with van der Waals surface area (Å²) >= 11 is 5.64. The van der Waals surface area contributed by atoms with Crippen molar-refractivity contribution in [3.05, 3.63) is 29.0 Å². The van der Waals surface area contributed by atoms with Crippen LogP contribution in [0.1, 0.15) is 6.42 Å². The molecule has 0 atom stereocenters. The summed E-state index contributed by atoms with van der Waals surface area (Å²) in [5.41, 5.74) is 0.420. The Balaban J connectivity index is 2.32. The van der Waals surface area contributed by atoms with Gasteiger partial charge in [-0.2, -0.15) is 0 Å². The lowest BCUT2D eigenvalue weighted by Gasteiger charge is -2.17. The normalized spacial score (nSPS) is 16.4. The summed E-state index contributed by atoms with van der Waals surface area (Å²) in [7, 11) is 0. The Morgan fingerprint density at radius 1 is 1.43 bits per heavy atom. The van der Waals surface area contributed by atoms with Gasteiger partial charge in [0.2, 0.25) is 0 Å². The molecule has 0 saturated carbocycles. The number of rotatable bonds is 1. The Hall–Kier alpha value is -1.09. The van der Waals surface area contributed by atoms with E-state index in [2.05, 4.69) is 0 Å². The largest absolute Gasteiger partial charge is 0.361 e. The first-order valence-electron chi connectivity index (χ1n) is 4.39. The van der Waals surface area contributed by atoms with Crippen molar-refractivity contribution >= 4 is 23.1 Å².